The van der Waals surface area contributed by atoms with Gasteiger partial charge in [-0.15, -0.1) is 0 Å². The molecule has 0 unspecified atom stereocenters. The van der Waals surface area contributed by atoms with Crippen LogP contribution in [0.5, 0.6) is 0 Å². The summed E-state index contributed by atoms with van der Waals surface area (Å²) in [6, 6.07) is 0. The molecule has 0 bridgehead atoms. The number of hydrogen-bond acceptors (Lipinski definition) is 3. The van der Waals surface area contributed by atoms with Crippen LogP contribution in [0.3, 0.4) is 0 Å². The molecule has 0 aliphatic carbocycles. The Morgan fingerprint density at radius 3 is 2.08 bits per heavy atom. The Hall–Kier alpha value is -0.120. The normalized spacial score (nSPS) is 12.0. The Labute approximate surface area is 81.6 Å². The highest BCUT2D eigenvalue weighted by Gasteiger charge is 2.24. The Balaban J connectivity index is 3.68. The van der Waals surface area contributed by atoms with Gasteiger partial charge in [0.25, 0.3) is 0 Å². The van der Waals surface area contributed by atoms with Gasteiger partial charge in [-0.3, -0.25) is 0 Å². The van der Waals surface area contributed by atoms with Crippen LogP contribution in [0, 0.1) is 0 Å². The lowest BCUT2D eigenvalue weighted by Gasteiger charge is -2.30. The average Bonchev–Trinajstić information content (AvgIpc) is 2.20. The van der Waals surface area contributed by atoms with Crippen molar-refractivity contribution in [2.75, 3.05) is 26.4 Å². The molecule has 0 aromatic heterocycles. The molecule has 0 atom stereocenters. The second kappa shape index (κ2) is 7.30. The van der Waals surface area contributed by atoms with Crippen LogP contribution < -0.4 is 5.73 Å². The maximum Gasteiger partial charge on any atom is 0.0800 e. The summed E-state index contributed by atoms with van der Waals surface area (Å²) < 4.78 is 10.9. The quantitative estimate of drug-likeness (QED) is 0.589. The number of nitrogens with two attached hydrogens (primary N) is 1. The molecular weight excluding hydrogens is 166 g/mol. The lowest BCUT2D eigenvalue weighted by Crippen LogP contribution is -2.40. The van der Waals surface area contributed by atoms with Gasteiger partial charge in [-0.05, 0) is 19.8 Å². The topological polar surface area (TPSA) is 44.5 Å². The maximum atomic E-state index is 5.73. The van der Waals surface area contributed by atoms with E-state index in [1.165, 1.54) is 0 Å². The van der Waals surface area contributed by atoms with Crippen LogP contribution in [0.1, 0.15) is 33.6 Å². The molecule has 80 valence electrons. The van der Waals surface area contributed by atoms with Crippen LogP contribution in [0.15, 0.2) is 0 Å². The molecule has 0 saturated heterocycles. The third kappa shape index (κ3) is 4.60. The van der Waals surface area contributed by atoms with Crippen LogP contribution in [0.4, 0.5) is 0 Å². The number of ether oxygens (including phenoxy) is 2. The van der Waals surface area contributed by atoms with Gasteiger partial charge >= 0.3 is 0 Å². The average molecular weight is 189 g/mol. The van der Waals surface area contributed by atoms with Crippen molar-refractivity contribution in [3.63, 3.8) is 0 Å². The first-order valence-electron chi connectivity index (χ1n) is 5.16. The van der Waals surface area contributed by atoms with Gasteiger partial charge in [-0.1, -0.05) is 13.8 Å². The zero-order valence-electron chi connectivity index (χ0n) is 9.14. The molecule has 0 saturated carbocycles. The van der Waals surface area contributed by atoms with Crippen molar-refractivity contribution in [3.05, 3.63) is 0 Å². The third-order valence-electron chi connectivity index (χ3n) is 2.50. The molecule has 0 radical (unpaired) electrons. The van der Waals surface area contributed by atoms with Gasteiger partial charge in [0.2, 0.25) is 0 Å². The van der Waals surface area contributed by atoms with E-state index in [-0.39, 0.29) is 5.60 Å². The fourth-order valence-corrected chi connectivity index (χ4v) is 1.26. The molecule has 0 rings (SSSR count). The molecule has 0 aromatic carbocycles. The zero-order valence-corrected chi connectivity index (χ0v) is 9.14. The van der Waals surface area contributed by atoms with E-state index in [1.807, 2.05) is 6.92 Å². The SMILES string of the molecule is CCOCCOC(CC)(CC)CN. The lowest BCUT2D eigenvalue weighted by molar-refractivity contribution is -0.0656. The Morgan fingerprint density at radius 1 is 1.08 bits per heavy atom. The number of hydrogen-bond donors (Lipinski definition) is 1. The molecule has 0 aliphatic rings. The van der Waals surface area contributed by atoms with E-state index < -0.39 is 0 Å². The number of rotatable bonds is 8. The van der Waals surface area contributed by atoms with Gasteiger partial charge in [0, 0.05) is 13.2 Å². The molecule has 13 heavy (non-hydrogen) atoms. The molecule has 0 aromatic rings. The van der Waals surface area contributed by atoms with E-state index in [0.29, 0.717) is 19.8 Å². The van der Waals surface area contributed by atoms with Crippen molar-refractivity contribution in [2.45, 2.75) is 39.2 Å². The van der Waals surface area contributed by atoms with Crippen molar-refractivity contribution in [1.29, 1.82) is 0 Å². The largest absolute Gasteiger partial charge is 0.379 e. The van der Waals surface area contributed by atoms with E-state index >= 15 is 0 Å². The summed E-state index contributed by atoms with van der Waals surface area (Å²) in [7, 11) is 0. The zero-order chi connectivity index (χ0) is 10.2. The Morgan fingerprint density at radius 2 is 1.69 bits per heavy atom. The third-order valence-corrected chi connectivity index (χ3v) is 2.50. The summed E-state index contributed by atoms with van der Waals surface area (Å²) in [6.45, 7) is 8.85. The van der Waals surface area contributed by atoms with Crippen LogP contribution in [0.25, 0.3) is 0 Å². The van der Waals surface area contributed by atoms with Gasteiger partial charge in [-0.2, -0.15) is 0 Å². The smallest absolute Gasteiger partial charge is 0.0800 e. The lowest BCUT2D eigenvalue weighted by atomic mass is 9.97. The van der Waals surface area contributed by atoms with Gasteiger partial charge in [0.1, 0.15) is 0 Å². The molecule has 3 heteroatoms. The molecule has 0 spiro atoms. The van der Waals surface area contributed by atoms with Crippen LogP contribution in [-0.4, -0.2) is 32.0 Å². The van der Waals surface area contributed by atoms with E-state index in [9.17, 15) is 0 Å². The highest BCUT2D eigenvalue weighted by atomic mass is 16.5. The minimum absolute atomic E-state index is 0.128. The van der Waals surface area contributed by atoms with E-state index in [2.05, 4.69) is 13.8 Å². The van der Waals surface area contributed by atoms with Crippen molar-refractivity contribution in [1.82, 2.24) is 0 Å². The molecular formula is C10H23NO2. The minimum Gasteiger partial charge on any atom is -0.379 e. The Bertz CT molecular complexity index is 105. The minimum atomic E-state index is -0.128. The van der Waals surface area contributed by atoms with Crippen molar-refractivity contribution in [3.8, 4) is 0 Å². The van der Waals surface area contributed by atoms with Gasteiger partial charge in [-0.25, -0.2) is 0 Å². The van der Waals surface area contributed by atoms with Gasteiger partial charge in [0.05, 0.1) is 18.8 Å². The summed E-state index contributed by atoms with van der Waals surface area (Å²) in [4.78, 5) is 0. The summed E-state index contributed by atoms with van der Waals surface area (Å²) >= 11 is 0. The van der Waals surface area contributed by atoms with Crippen LogP contribution in [-0.2, 0) is 9.47 Å². The predicted molar refractivity (Wildman–Crippen MR) is 54.8 cm³/mol. The van der Waals surface area contributed by atoms with Crippen molar-refractivity contribution < 1.29 is 9.47 Å². The van der Waals surface area contributed by atoms with E-state index in [1.54, 1.807) is 0 Å². The Kier molecular flexibility index (Phi) is 7.23. The van der Waals surface area contributed by atoms with Crippen molar-refractivity contribution >= 4 is 0 Å². The molecule has 0 amide bonds. The summed E-state index contributed by atoms with van der Waals surface area (Å²) in [6.07, 6.45) is 1.93. The second-order valence-electron chi connectivity index (χ2n) is 3.14. The van der Waals surface area contributed by atoms with Gasteiger partial charge < -0.3 is 15.2 Å². The summed E-state index contributed by atoms with van der Waals surface area (Å²) in [5.41, 5.74) is 5.55. The first-order valence-corrected chi connectivity index (χ1v) is 5.16. The summed E-state index contributed by atoms with van der Waals surface area (Å²) in [5, 5.41) is 0. The predicted octanol–water partition coefficient (Wildman–Crippen LogP) is 1.56. The monoisotopic (exact) mass is 189 g/mol. The van der Waals surface area contributed by atoms with Crippen molar-refractivity contribution in [2.24, 2.45) is 5.73 Å². The summed E-state index contributed by atoms with van der Waals surface area (Å²) in [5.74, 6) is 0. The maximum absolute atomic E-state index is 5.73. The molecule has 3 nitrogen and oxygen atoms in total. The second-order valence-corrected chi connectivity index (χ2v) is 3.14. The fraction of sp³-hybridized carbons (Fsp3) is 1.00. The highest BCUT2D eigenvalue weighted by Crippen LogP contribution is 2.18. The fourth-order valence-electron chi connectivity index (χ4n) is 1.26. The van der Waals surface area contributed by atoms with Crippen LogP contribution >= 0.6 is 0 Å². The van der Waals surface area contributed by atoms with Gasteiger partial charge in [0.15, 0.2) is 0 Å². The molecule has 2 N–H and O–H groups in total. The molecule has 0 fully saturated rings. The van der Waals surface area contributed by atoms with Crippen LogP contribution in [0.2, 0.25) is 0 Å². The first-order chi connectivity index (χ1) is 6.24. The highest BCUT2D eigenvalue weighted by molar-refractivity contribution is 4.78. The van der Waals surface area contributed by atoms with E-state index in [0.717, 1.165) is 19.4 Å². The molecule has 0 aliphatic heterocycles. The first kappa shape index (κ1) is 12.9. The molecule has 0 heterocycles. The standard InChI is InChI=1S/C10H23NO2/c1-4-10(5-2,9-11)13-8-7-12-6-3/h4-9,11H2,1-3H3. The van der Waals surface area contributed by atoms with E-state index in [4.69, 9.17) is 15.2 Å².